The van der Waals surface area contributed by atoms with Gasteiger partial charge in [0.15, 0.2) is 0 Å². The molecule has 0 aliphatic carbocycles. The second kappa shape index (κ2) is 5.11. The summed E-state index contributed by atoms with van der Waals surface area (Å²) in [5.74, 6) is -0.477. The highest BCUT2D eigenvalue weighted by Crippen LogP contribution is 2.35. The van der Waals surface area contributed by atoms with Crippen molar-refractivity contribution in [2.75, 3.05) is 5.32 Å². The van der Waals surface area contributed by atoms with Gasteiger partial charge < -0.3 is 5.32 Å². The maximum atomic E-state index is 11.4. The first kappa shape index (κ1) is 14.9. The second-order valence-corrected chi connectivity index (χ2v) is 5.61. The van der Waals surface area contributed by atoms with Crippen LogP contribution in [0.5, 0.6) is 0 Å². The quantitative estimate of drug-likeness (QED) is 0.507. The van der Waals surface area contributed by atoms with E-state index in [-0.39, 0.29) is 22.1 Å². The molecule has 2 aromatic rings. The molecule has 0 bridgehead atoms. The van der Waals surface area contributed by atoms with Crippen LogP contribution < -0.4 is 5.32 Å². The van der Waals surface area contributed by atoms with E-state index in [1.807, 2.05) is 0 Å². The van der Waals surface area contributed by atoms with Gasteiger partial charge in [-0.25, -0.2) is 0 Å². The number of anilines is 1. The summed E-state index contributed by atoms with van der Waals surface area (Å²) in [5.41, 5.74) is -0.263. The molecule has 21 heavy (non-hydrogen) atoms. The largest absolute Gasteiger partial charge is 0.326 e. The van der Waals surface area contributed by atoms with Crippen molar-refractivity contribution in [3.63, 3.8) is 0 Å². The molecule has 2 aromatic carbocycles. The number of benzene rings is 2. The number of hydrogen-bond acceptors (Lipinski definition) is 5. The van der Waals surface area contributed by atoms with Crippen molar-refractivity contribution < 1.29 is 22.7 Å². The molecule has 0 fully saturated rings. The molecule has 1 amide bonds. The van der Waals surface area contributed by atoms with Crippen molar-refractivity contribution in [1.82, 2.24) is 0 Å². The average molecular weight is 310 g/mol. The summed E-state index contributed by atoms with van der Waals surface area (Å²) in [6, 6.07) is 6.09. The van der Waals surface area contributed by atoms with Crippen LogP contribution in [0.15, 0.2) is 35.2 Å². The molecule has 9 heteroatoms. The fourth-order valence-corrected chi connectivity index (χ4v) is 2.75. The molecule has 2 N–H and O–H groups in total. The number of carbonyl (C=O) groups excluding carboxylic acids is 1. The molecular weight excluding hydrogens is 300 g/mol. The van der Waals surface area contributed by atoms with E-state index in [1.165, 1.54) is 25.1 Å². The van der Waals surface area contributed by atoms with Crippen LogP contribution >= 0.6 is 0 Å². The number of fused-ring (bicyclic) bond motifs is 1. The molecule has 0 atom stereocenters. The minimum atomic E-state index is -4.60. The zero-order chi connectivity index (χ0) is 15.8. The third kappa shape index (κ3) is 2.83. The molecule has 0 aliphatic rings. The SMILES string of the molecule is CC(=O)Nc1ccc([N+](=O)[O-])c2cccc(S(=O)(=O)O)c12. The van der Waals surface area contributed by atoms with Gasteiger partial charge in [-0.15, -0.1) is 0 Å². The number of nitrogens with one attached hydrogen (secondary N) is 1. The first-order valence-corrected chi connectivity index (χ1v) is 7.11. The molecule has 0 aliphatic heterocycles. The van der Waals surface area contributed by atoms with E-state index in [2.05, 4.69) is 5.32 Å². The molecule has 110 valence electrons. The lowest BCUT2D eigenvalue weighted by Crippen LogP contribution is -2.08. The van der Waals surface area contributed by atoms with Gasteiger partial charge in [-0.2, -0.15) is 8.42 Å². The smallest absolute Gasteiger partial charge is 0.295 e. The Kier molecular flexibility index (Phi) is 3.62. The molecule has 2 rings (SSSR count). The first-order chi connectivity index (χ1) is 9.71. The Morgan fingerprint density at radius 1 is 1.29 bits per heavy atom. The number of rotatable bonds is 3. The van der Waals surface area contributed by atoms with Gasteiger partial charge >= 0.3 is 0 Å². The maximum absolute atomic E-state index is 11.4. The van der Waals surface area contributed by atoms with E-state index in [0.29, 0.717) is 0 Å². The van der Waals surface area contributed by atoms with Crippen molar-refractivity contribution in [1.29, 1.82) is 0 Å². The highest BCUT2D eigenvalue weighted by atomic mass is 32.2. The Morgan fingerprint density at radius 2 is 1.95 bits per heavy atom. The second-order valence-electron chi connectivity index (χ2n) is 4.22. The minimum Gasteiger partial charge on any atom is -0.326 e. The summed E-state index contributed by atoms with van der Waals surface area (Å²) in [6.07, 6.45) is 0. The number of nitro groups is 1. The van der Waals surface area contributed by atoms with Crippen molar-refractivity contribution in [2.24, 2.45) is 0 Å². The van der Waals surface area contributed by atoms with Gasteiger partial charge in [0.1, 0.15) is 4.90 Å². The van der Waals surface area contributed by atoms with Crippen molar-refractivity contribution in [2.45, 2.75) is 11.8 Å². The van der Waals surface area contributed by atoms with E-state index in [1.54, 1.807) is 0 Å². The Labute approximate surface area is 119 Å². The van der Waals surface area contributed by atoms with Gasteiger partial charge in [0, 0.05) is 18.4 Å². The molecule has 0 heterocycles. The van der Waals surface area contributed by atoms with E-state index < -0.39 is 25.8 Å². The zero-order valence-electron chi connectivity index (χ0n) is 10.7. The van der Waals surface area contributed by atoms with E-state index in [4.69, 9.17) is 0 Å². The third-order valence-electron chi connectivity index (χ3n) is 2.76. The number of carbonyl (C=O) groups is 1. The van der Waals surface area contributed by atoms with Crippen molar-refractivity contribution in [3.8, 4) is 0 Å². The minimum absolute atomic E-state index is 0.00127. The molecule has 0 saturated carbocycles. The van der Waals surface area contributed by atoms with Crippen LogP contribution in [0.1, 0.15) is 6.92 Å². The Morgan fingerprint density at radius 3 is 2.48 bits per heavy atom. The summed E-state index contributed by atoms with van der Waals surface area (Å²) in [5, 5.41) is 13.3. The van der Waals surface area contributed by atoms with Crippen LogP contribution in [0.3, 0.4) is 0 Å². The van der Waals surface area contributed by atoms with Crippen LogP contribution in [-0.4, -0.2) is 23.8 Å². The van der Waals surface area contributed by atoms with Crippen LogP contribution in [0.4, 0.5) is 11.4 Å². The van der Waals surface area contributed by atoms with Crippen LogP contribution in [-0.2, 0) is 14.9 Å². The summed E-state index contributed by atoms with van der Waals surface area (Å²) < 4.78 is 32.1. The number of hydrogen-bond donors (Lipinski definition) is 2. The van der Waals surface area contributed by atoms with Crippen molar-refractivity contribution >= 4 is 38.2 Å². The lowest BCUT2D eigenvalue weighted by atomic mass is 10.1. The molecule has 0 unspecified atom stereocenters. The molecule has 0 spiro atoms. The van der Waals surface area contributed by atoms with Crippen LogP contribution in [0.2, 0.25) is 0 Å². The normalized spacial score (nSPS) is 11.3. The van der Waals surface area contributed by atoms with Gasteiger partial charge in [0.05, 0.1) is 16.0 Å². The van der Waals surface area contributed by atoms with Gasteiger partial charge in [-0.05, 0) is 18.2 Å². The summed E-state index contributed by atoms with van der Waals surface area (Å²) in [7, 11) is -4.60. The molecule has 0 aromatic heterocycles. The summed E-state index contributed by atoms with van der Waals surface area (Å²) in [4.78, 5) is 21.0. The standard InChI is InChI=1S/C12H10N2O6S/c1-7(15)13-9-5-6-10(14(16)17)8-3-2-4-11(12(8)9)21(18,19)20/h2-6H,1H3,(H,13,15)(H,18,19,20). The van der Waals surface area contributed by atoms with Crippen molar-refractivity contribution in [3.05, 3.63) is 40.4 Å². The fourth-order valence-electron chi connectivity index (χ4n) is 2.03. The van der Waals surface area contributed by atoms with Gasteiger partial charge in [0.2, 0.25) is 5.91 Å². The zero-order valence-corrected chi connectivity index (χ0v) is 11.5. The lowest BCUT2D eigenvalue weighted by Gasteiger charge is -2.10. The average Bonchev–Trinajstić information content (AvgIpc) is 2.36. The predicted octanol–water partition coefficient (Wildman–Crippen LogP) is 1.95. The monoisotopic (exact) mass is 310 g/mol. The fraction of sp³-hybridized carbons (Fsp3) is 0.0833. The van der Waals surface area contributed by atoms with E-state index in [9.17, 15) is 27.9 Å². The van der Waals surface area contributed by atoms with E-state index >= 15 is 0 Å². The summed E-state index contributed by atoms with van der Waals surface area (Å²) in [6.45, 7) is 1.21. The Hall–Kier alpha value is -2.52. The first-order valence-electron chi connectivity index (χ1n) is 5.67. The van der Waals surface area contributed by atoms with Crippen LogP contribution in [0.25, 0.3) is 10.8 Å². The molecule has 0 saturated heterocycles. The molecular formula is C12H10N2O6S. The van der Waals surface area contributed by atoms with E-state index in [0.717, 1.165) is 12.1 Å². The number of nitrogens with zero attached hydrogens (tertiary/aromatic N) is 1. The van der Waals surface area contributed by atoms with Gasteiger partial charge in [-0.1, -0.05) is 6.07 Å². The van der Waals surface area contributed by atoms with Gasteiger partial charge in [0.25, 0.3) is 15.8 Å². The third-order valence-corrected chi connectivity index (χ3v) is 3.66. The lowest BCUT2D eigenvalue weighted by molar-refractivity contribution is -0.383. The van der Waals surface area contributed by atoms with Gasteiger partial charge in [-0.3, -0.25) is 19.5 Å². The number of nitro benzene ring substituents is 1. The highest BCUT2D eigenvalue weighted by molar-refractivity contribution is 7.86. The molecule has 0 radical (unpaired) electrons. The van der Waals surface area contributed by atoms with Crippen LogP contribution in [0, 0.1) is 10.1 Å². The maximum Gasteiger partial charge on any atom is 0.295 e. The topological polar surface area (TPSA) is 127 Å². The Bertz CT molecular complexity index is 859. The molecule has 8 nitrogen and oxygen atoms in total. The highest BCUT2D eigenvalue weighted by Gasteiger charge is 2.22. The summed E-state index contributed by atoms with van der Waals surface area (Å²) >= 11 is 0. The Balaban J connectivity index is 2.97. The number of amides is 1. The number of non-ortho nitro benzene ring substituents is 1. The predicted molar refractivity (Wildman–Crippen MR) is 74.7 cm³/mol.